The Morgan fingerprint density at radius 2 is 1.39 bits per heavy atom. The van der Waals surface area contributed by atoms with Gasteiger partial charge in [0.15, 0.2) is 0 Å². The summed E-state index contributed by atoms with van der Waals surface area (Å²) in [6.07, 6.45) is 14.4. The first-order valence-electron chi connectivity index (χ1n) is 10.7. The van der Waals surface area contributed by atoms with E-state index >= 15 is 0 Å². The van der Waals surface area contributed by atoms with Gasteiger partial charge in [0.05, 0.1) is 0 Å². The molecule has 0 saturated carbocycles. The van der Waals surface area contributed by atoms with Crippen molar-refractivity contribution in [3.05, 3.63) is 35.9 Å². The number of carboxylic acid groups (broad SMARTS) is 1. The Bertz CT molecular complexity index is 528. The summed E-state index contributed by atoms with van der Waals surface area (Å²) in [5.74, 6) is -1.14. The monoisotopic (exact) mass is 399 g/mol. The Hall–Kier alpha value is -0.840. The molecule has 1 amide bonds. The van der Waals surface area contributed by atoms with Crippen LogP contribution in [0.3, 0.4) is 0 Å². The first kappa shape index (κ1) is 27.2. The van der Waals surface area contributed by atoms with Crippen LogP contribution in [0.15, 0.2) is 30.3 Å². The average molecular weight is 400 g/mol. The van der Waals surface area contributed by atoms with Crippen molar-refractivity contribution in [1.82, 2.24) is 5.32 Å². The fourth-order valence-corrected chi connectivity index (χ4v) is 3.27. The molecule has 0 unspecified atom stereocenters. The van der Waals surface area contributed by atoms with Crippen molar-refractivity contribution < 1.29 is 45.7 Å². The van der Waals surface area contributed by atoms with Gasteiger partial charge in [-0.2, -0.15) is 0 Å². The normalized spacial score (nSPS) is 11.5. The summed E-state index contributed by atoms with van der Waals surface area (Å²) >= 11 is 0. The average Bonchev–Trinajstić information content (AvgIpc) is 2.66. The van der Waals surface area contributed by atoms with Crippen LogP contribution in [0.4, 0.5) is 0 Å². The van der Waals surface area contributed by atoms with E-state index in [1.165, 1.54) is 51.4 Å². The molecule has 5 heteroatoms. The number of hydrogen-bond acceptors (Lipinski definition) is 2. The zero-order valence-corrected chi connectivity index (χ0v) is 19.9. The van der Waals surface area contributed by atoms with E-state index < -0.39 is 12.0 Å². The molecule has 0 aliphatic carbocycles. The quantitative estimate of drug-likeness (QED) is 0.332. The Morgan fingerprint density at radius 3 is 1.89 bits per heavy atom. The van der Waals surface area contributed by atoms with Crippen LogP contribution >= 0.6 is 0 Å². The summed E-state index contributed by atoms with van der Waals surface area (Å²) in [6.45, 7) is 2.24. The Morgan fingerprint density at radius 1 is 0.893 bits per heavy atom. The van der Waals surface area contributed by atoms with Crippen molar-refractivity contribution in [3.8, 4) is 0 Å². The predicted molar refractivity (Wildman–Crippen MR) is 112 cm³/mol. The molecule has 0 saturated heterocycles. The number of rotatable bonds is 16. The summed E-state index contributed by atoms with van der Waals surface area (Å²) in [5, 5.41) is 12.0. The second kappa shape index (κ2) is 18.2. The maximum atomic E-state index is 12.0. The molecule has 0 radical (unpaired) electrons. The molecule has 0 heterocycles. The van der Waals surface area contributed by atoms with Crippen LogP contribution in [0, 0.1) is 0 Å². The SMILES string of the molecule is CCCCCCCCCCCCCC(=O)N[C@@H](Cc1ccccc1)C(=O)O.[H-].[Na+]. The number of aliphatic carboxylic acids is 1. The molecule has 4 nitrogen and oxygen atoms in total. The number of hydrogen-bond donors (Lipinski definition) is 2. The van der Waals surface area contributed by atoms with Crippen LogP contribution in [-0.4, -0.2) is 23.0 Å². The van der Waals surface area contributed by atoms with Crippen molar-refractivity contribution in [2.45, 2.75) is 96.4 Å². The van der Waals surface area contributed by atoms with E-state index in [9.17, 15) is 14.7 Å². The van der Waals surface area contributed by atoms with Gasteiger partial charge < -0.3 is 11.8 Å². The third-order valence-corrected chi connectivity index (χ3v) is 4.92. The standard InChI is InChI=1S/C23H37NO3.Na.H/c1-2-3-4-5-6-7-8-9-10-11-15-18-22(25)24-21(23(26)27)19-20-16-13-12-14-17-20;;/h12-14,16-17,21H,2-11,15,18-19H2,1H3,(H,24,25)(H,26,27);;/q;+1;-1/t21-;;/m0../s1. The van der Waals surface area contributed by atoms with Gasteiger partial charge in [0.1, 0.15) is 6.04 Å². The van der Waals surface area contributed by atoms with Crippen molar-refractivity contribution >= 4 is 11.9 Å². The second-order valence-corrected chi connectivity index (χ2v) is 7.43. The number of unbranched alkanes of at least 4 members (excludes halogenated alkanes) is 10. The van der Waals surface area contributed by atoms with Gasteiger partial charge in [0, 0.05) is 12.8 Å². The molecule has 0 aliphatic rings. The minimum atomic E-state index is -0.980. The van der Waals surface area contributed by atoms with Crippen LogP contribution in [0.1, 0.15) is 91.0 Å². The first-order chi connectivity index (χ1) is 13.1. The van der Waals surface area contributed by atoms with Crippen molar-refractivity contribution in [3.63, 3.8) is 0 Å². The number of carbonyl (C=O) groups is 2. The van der Waals surface area contributed by atoms with Crippen molar-refractivity contribution in [2.75, 3.05) is 0 Å². The van der Waals surface area contributed by atoms with E-state index in [0.29, 0.717) is 12.8 Å². The zero-order chi connectivity index (χ0) is 19.7. The van der Waals surface area contributed by atoms with Gasteiger partial charge in [-0.05, 0) is 12.0 Å². The van der Waals surface area contributed by atoms with Gasteiger partial charge in [0.25, 0.3) is 0 Å². The Kier molecular flexibility index (Phi) is 17.7. The number of benzene rings is 1. The summed E-state index contributed by atoms with van der Waals surface area (Å²) < 4.78 is 0. The smallest absolute Gasteiger partial charge is 1.00 e. The molecule has 2 N–H and O–H groups in total. The van der Waals surface area contributed by atoms with E-state index in [-0.39, 0.29) is 36.9 Å². The third kappa shape index (κ3) is 14.2. The van der Waals surface area contributed by atoms with E-state index in [0.717, 1.165) is 24.8 Å². The van der Waals surface area contributed by atoms with E-state index in [1.54, 1.807) is 0 Å². The Labute approximate surface area is 194 Å². The molecule has 0 aromatic heterocycles. The van der Waals surface area contributed by atoms with Gasteiger partial charge in [-0.1, -0.05) is 101 Å². The molecule has 154 valence electrons. The van der Waals surface area contributed by atoms with Gasteiger partial charge in [-0.3, -0.25) is 4.79 Å². The summed E-state index contributed by atoms with van der Waals surface area (Å²) in [4.78, 5) is 23.4. The molecular weight excluding hydrogens is 361 g/mol. The number of carbonyl (C=O) groups excluding carboxylic acids is 1. The van der Waals surface area contributed by atoms with Crippen LogP contribution in [0.25, 0.3) is 0 Å². The van der Waals surface area contributed by atoms with Crippen LogP contribution in [-0.2, 0) is 16.0 Å². The molecule has 28 heavy (non-hydrogen) atoms. The van der Waals surface area contributed by atoms with Crippen LogP contribution in [0.5, 0.6) is 0 Å². The summed E-state index contributed by atoms with van der Waals surface area (Å²) in [7, 11) is 0. The topological polar surface area (TPSA) is 66.4 Å². The minimum Gasteiger partial charge on any atom is -1.00 e. The number of nitrogens with one attached hydrogen (secondary N) is 1. The molecule has 1 aromatic rings. The van der Waals surface area contributed by atoms with Gasteiger partial charge in [-0.15, -0.1) is 0 Å². The van der Waals surface area contributed by atoms with E-state index in [1.807, 2.05) is 30.3 Å². The van der Waals surface area contributed by atoms with Crippen LogP contribution in [0.2, 0.25) is 0 Å². The fourth-order valence-electron chi connectivity index (χ4n) is 3.27. The van der Waals surface area contributed by atoms with Gasteiger partial charge in [-0.25, -0.2) is 4.79 Å². The molecule has 1 rings (SSSR count). The van der Waals surface area contributed by atoms with E-state index in [4.69, 9.17) is 0 Å². The molecule has 1 aromatic carbocycles. The maximum Gasteiger partial charge on any atom is 1.00 e. The molecule has 0 bridgehead atoms. The molecular formula is C23H38NNaO3. The Balaban J connectivity index is 0. The second-order valence-electron chi connectivity index (χ2n) is 7.43. The fraction of sp³-hybridized carbons (Fsp3) is 0.652. The third-order valence-electron chi connectivity index (χ3n) is 4.92. The molecule has 1 atom stereocenters. The summed E-state index contributed by atoms with van der Waals surface area (Å²) in [6, 6.07) is 8.55. The van der Waals surface area contributed by atoms with Crippen molar-refractivity contribution in [2.24, 2.45) is 0 Å². The molecule has 0 spiro atoms. The zero-order valence-electron chi connectivity index (χ0n) is 18.9. The number of amides is 1. The van der Waals surface area contributed by atoms with Crippen LogP contribution < -0.4 is 34.9 Å². The largest absolute Gasteiger partial charge is 1.00 e. The predicted octanol–water partition coefficient (Wildman–Crippen LogP) is 2.62. The number of carboxylic acids is 1. The summed E-state index contributed by atoms with van der Waals surface area (Å²) in [5.41, 5.74) is 0.917. The van der Waals surface area contributed by atoms with Gasteiger partial charge >= 0.3 is 35.5 Å². The first-order valence-corrected chi connectivity index (χ1v) is 10.7. The van der Waals surface area contributed by atoms with E-state index in [2.05, 4.69) is 12.2 Å². The van der Waals surface area contributed by atoms with Crippen molar-refractivity contribution in [1.29, 1.82) is 0 Å². The molecule has 0 fully saturated rings. The molecule has 0 aliphatic heterocycles. The maximum absolute atomic E-state index is 12.0. The minimum absolute atomic E-state index is 0. The van der Waals surface area contributed by atoms with Gasteiger partial charge in [0.2, 0.25) is 5.91 Å².